The Bertz CT molecular complexity index is 241. The van der Waals surface area contributed by atoms with Crippen LogP contribution in [-0.2, 0) is 9.59 Å². The maximum atomic E-state index is 11.5. The first-order chi connectivity index (χ1) is 5.55. The van der Waals surface area contributed by atoms with Gasteiger partial charge in [0.05, 0.1) is 0 Å². The number of hydrogen-bond donors (Lipinski definition) is 1. The predicted octanol–water partition coefficient (Wildman–Crippen LogP) is 0.490. The number of ketones is 1. The van der Waals surface area contributed by atoms with E-state index in [0.717, 1.165) is 6.42 Å². The molecule has 3 nitrogen and oxygen atoms in total. The number of Topliss-reactive ketones (excluding diaryl/α,β-unsaturated/α-hetero) is 1. The standard InChI is InChI=1S/C9H13NO2/c1-5-3-6-4-7(11)9(5,2)8(12)10-6/h5-6H,3-4H2,1-2H3,(H,10,12). The molecule has 12 heavy (non-hydrogen) atoms. The lowest BCUT2D eigenvalue weighted by Crippen LogP contribution is -2.63. The van der Waals surface area contributed by atoms with Crippen LogP contribution >= 0.6 is 0 Å². The van der Waals surface area contributed by atoms with Crippen LogP contribution in [0.5, 0.6) is 0 Å². The van der Waals surface area contributed by atoms with E-state index in [9.17, 15) is 9.59 Å². The maximum absolute atomic E-state index is 11.5. The van der Waals surface area contributed by atoms with E-state index in [4.69, 9.17) is 0 Å². The lowest BCUT2D eigenvalue weighted by atomic mass is 9.62. The molecule has 2 aliphatic heterocycles. The quantitative estimate of drug-likeness (QED) is 0.534. The zero-order chi connectivity index (χ0) is 8.93. The second kappa shape index (κ2) is 2.09. The fraction of sp³-hybridized carbons (Fsp3) is 0.778. The van der Waals surface area contributed by atoms with E-state index in [-0.39, 0.29) is 23.7 Å². The second-order valence-corrected chi connectivity index (χ2v) is 4.14. The normalized spacial score (nSPS) is 46.2. The summed E-state index contributed by atoms with van der Waals surface area (Å²) in [6.07, 6.45) is 1.49. The van der Waals surface area contributed by atoms with E-state index in [2.05, 4.69) is 5.32 Å². The summed E-state index contributed by atoms with van der Waals surface area (Å²) in [6.45, 7) is 3.76. The summed E-state index contributed by atoms with van der Waals surface area (Å²) < 4.78 is 0. The summed E-state index contributed by atoms with van der Waals surface area (Å²) in [4.78, 5) is 23.0. The highest BCUT2D eigenvalue weighted by molar-refractivity contribution is 6.09. The molecule has 2 heterocycles. The van der Waals surface area contributed by atoms with E-state index in [1.807, 2.05) is 6.92 Å². The predicted molar refractivity (Wildman–Crippen MR) is 43.4 cm³/mol. The average Bonchev–Trinajstić information content (AvgIpc) is 1.96. The number of nitrogens with one attached hydrogen (secondary N) is 1. The largest absolute Gasteiger partial charge is 0.352 e. The Hall–Kier alpha value is -0.860. The first-order valence-corrected chi connectivity index (χ1v) is 4.39. The number of piperidine rings is 2. The van der Waals surface area contributed by atoms with E-state index >= 15 is 0 Å². The van der Waals surface area contributed by atoms with Crippen molar-refractivity contribution in [1.82, 2.24) is 5.32 Å². The van der Waals surface area contributed by atoms with Crippen LogP contribution in [0.15, 0.2) is 0 Å². The van der Waals surface area contributed by atoms with Crippen molar-refractivity contribution in [3.8, 4) is 0 Å². The Labute approximate surface area is 71.5 Å². The monoisotopic (exact) mass is 167 g/mol. The molecule has 0 radical (unpaired) electrons. The summed E-state index contributed by atoms with van der Waals surface area (Å²) in [5.41, 5.74) is -0.727. The number of carbonyl (C=O) groups is 2. The van der Waals surface area contributed by atoms with Gasteiger partial charge in [-0.3, -0.25) is 9.59 Å². The number of hydrogen-bond acceptors (Lipinski definition) is 2. The molecule has 2 bridgehead atoms. The summed E-state index contributed by atoms with van der Waals surface area (Å²) in [6, 6.07) is 0.113. The Balaban J connectivity index is 2.43. The van der Waals surface area contributed by atoms with Gasteiger partial charge in [-0.2, -0.15) is 0 Å². The highest BCUT2D eigenvalue weighted by atomic mass is 16.2. The van der Waals surface area contributed by atoms with Crippen LogP contribution in [0.3, 0.4) is 0 Å². The van der Waals surface area contributed by atoms with Gasteiger partial charge >= 0.3 is 0 Å². The van der Waals surface area contributed by atoms with E-state index in [1.54, 1.807) is 6.92 Å². The summed E-state index contributed by atoms with van der Waals surface area (Å²) >= 11 is 0. The molecule has 3 heteroatoms. The zero-order valence-electron chi connectivity index (χ0n) is 7.39. The molecule has 3 unspecified atom stereocenters. The summed E-state index contributed by atoms with van der Waals surface area (Å²) in [7, 11) is 0. The fourth-order valence-electron chi connectivity index (χ4n) is 2.25. The molecule has 1 N–H and O–H groups in total. The Morgan fingerprint density at radius 3 is 2.58 bits per heavy atom. The van der Waals surface area contributed by atoms with Gasteiger partial charge in [0, 0.05) is 12.5 Å². The van der Waals surface area contributed by atoms with Crippen molar-refractivity contribution in [3.05, 3.63) is 0 Å². The van der Waals surface area contributed by atoms with Crippen LogP contribution in [0.25, 0.3) is 0 Å². The van der Waals surface area contributed by atoms with Crippen molar-refractivity contribution in [3.63, 3.8) is 0 Å². The summed E-state index contributed by atoms with van der Waals surface area (Å²) in [5, 5.41) is 2.86. The van der Waals surface area contributed by atoms with Gasteiger partial charge < -0.3 is 5.32 Å². The third-order valence-electron chi connectivity index (χ3n) is 3.44. The first-order valence-electron chi connectivity index (χ1n) is 4.39. The van der Waals surface area contributed by atoms with Crippen molar-refractivity contribution in [2.24, 2.45) is 11.3 Å². The highest BCUT2D eigenvalue weighted by Crippen LogP contribution is 2.42. The number of fused-ring (bicyclic) bond motifs is 3. The third-order valence-corrected chi connectivity index (χ3v) is 3.44. The fourth-order valence-corrected chi connectivity index (χ4v) is 2.25. The Morgan fingerprint density at radius 2 is 2.17 bits per heavy atom. The molecule has 1 aliphatic carbocycles. The minimum atomic E-state index is -0.727. The van der Waals surface area contributed by atoms with Gasteiger partial charge in [0.2, 0.25) is 5.91 Å². The van der Waals surface area contributed by atoms with Gasteiger partial charge in [-0.1, -0.05) is 6.92 Å². The van der Waals surface area contributed by atoms with Gasteiger partial charge in [0.25, 0.3) is 0 Å². The first kappa shape index (κ1) is 7.77. The molecule has 0 aromatic rings. The van der Waals surface area contributed by atoms with Crippen molar-refractivity contribution in [1.29, 1.82) is 0 Å². The van der Waals surface area contributed by atoms with E-state index in [1.165, 1.54) is 0 Å². The van der Waals surface area contributed by atoms with Crippen LogP contribution in [0.4, 0.5) is 0 Å². The van der Waals surface area contributed by atoms with Gasteiger partial charge in [-0.25, -0.2) is 0 Å². The molecule has 3 fully saturated rings. The summed E-state index contributed by atoms with van der Waals surface area (Å²) in [5.74, 6) is 0.259. The van der Waals surface area contributed by atoms with Gasteiger partial charge in [0.1, 0.15) is 11.2 Å². The second-order valence-electron chi connectivity index (χ2n) is 4.14. The SMILES string of the molecule is CC1CC2CC(=O)C1(C)C(=O)N2. The maximum Gasteiger partial charge on any atom is 0.233 e. The van der Waals surface area contributed by atoms with E-state index in [0.29, 0.717) is 6.42 Å². The average molecular weight is 167 g/mol. The zero-order valence-corrected chi connectivity index (χ0v) is 7.39. The molecule has 1 saturated carbocycles. The highest BCUT2D eigenvalue weighted by Gasteiger charge is 2.54. The Morgan fingerprint density at radius 1 is 1.50 bits per heavy atom. The van der Waals surface area contributed by atoms with Crippen molar-refractivity contribution < 1.29 is 9.59 Å². The molecular weight excluding hydrogens is 154 g/mol. The van der Waals surface area contributed by atoms with E-state index < -0.39 is 5.41 Å². The molecule has 0 spiro atoms. The molecule has 1 amide bonds. The van der Waals surface area contributed by atoms with Gasteiger partial charge in [0.15, 0.2) is 0 Å². The Kier molecular flexibility index (Phi) is 1.35. The van der Waals surface area contributed by atoms with Crippen LogP contribution in [-0.4, -0.2) is 17.7 Å². The van der Waals surface area contributed by atoms with Gasteiger partial charge in [-0.15, -0.1) is 0 Å². The van der Waals surface area contributed by atoms with Crippen molar-refractivity contribution in [2.45, 2.75) is 32.7 Å². The molecule has 3 atom stereocenters. The van der Waals surface area contributed by atoms with Crippen LogP contribution in [0.2, 0.25) is 0 Å². The molecule has 3 rings (SSSR count). The van der Waals surface area contributed by atoms with Crippen LogP contribution in [0, 0.1) is 11.3 Å². The topological polar surface area (TPSA) is 46.2 Å². The van der Waals surface area contributed by atoms with Crippen molar-refractivity contribution >= 4 is 11.7 Å². The lowest BCUT2D eigenvalue weighted by molar-refractivity contribution is -0.154. The van der Waals surface area contributed by atoms with Crippen LogP contribution in [0.1, 0.15) is 26.7 Å². The molecule has 0 aromatic heterocycles. The molecule has 0 aromatic carbocycles. The minimum Gasteiger partial charge on any atom is -0.352 e. The molecular formula is C9H13NO2. The molecule has 3 aliphatic rings. The lowest BCUT2D eigenvalue weighted by Gasteiger charge is -2.46. The van der Waals surface area contributed by atoms with Crippen LogP contribution < -0.4 is 5.32 Å². The van der Waals surface area contributed by atoms with Crippen molar-refractivity contribution in [2.75, 3.05) is 0 Å². The van der Waals surface area contributed by atoms with Gasteiger partial charge in [-0.05, 0) is 19.3 Å². The minimum absolute atomic E-state index is 0.0671. The molecule has 2 saturated heterocycles. The number of carbonyl (C=O) groups excluding carboxylic acids is 2. The number of amides is 1. The smallest absolute Gasteiger partial charge is 0.233 e. The third kappa shape index (κ3) is 0.713. The number of rotatable bonds is 0. The molecule has 66 valence electrons.